The lowest BCUT2D eigenvalue weighted by atomic mass is 9.99. The van der Waals surface area contributed by atoms with Crippen LogP contribution in [0.5, 0.6) is 0 Å². The number of halogens is 1. The van der Waals surface area contributed by atoms with Gasteiger partial charge in [-0.2, -0.15) is 0 Å². The van der Waals surface area contributed by atoms with Crippen LogP contribution in [0.1, 0.15) is 31.7 Å². The van der Waals surface area contributed by atoms with E-state index in [9.17, 15) is 13.2 Å². The first-order valence-corrected chi connectivity index (χ1v) is 12.9. The molecule has 0 bridgehead atoms. The second-order valence-electron chi connectivity index (χ2n) is 8.48. The third-order valence-corrected chi connectivity index (χ3v) is 7.92. The van der Waals surface area contributed by atoms with Gasteiger partial charge in [-0.3, -0.25) is 9.10 Å². The number of piperidine rings is 1. The van der Waals surface area contributed by atoms with Crippen LogP contribution < -0.4 is 9.62 Å². The Morgan fingerprint density at radius 3 is 2.53 bits per heavy atom. The van der Waals surface area contributed by atoms with Gasteiger partial charge in [0.05, 0.1) is 10.6 Å². The van der Waals surface area contributed by atoms with Crippen LogP contribution in [0, 0.1) is 12.8 Å². The van der Waals surface area contributed by atoms with Crippen LogP contribution in [0.4, 0.5) is 5.69 Å². The van der Waals surface area contributed by atoms with E-state index in [4.69, 9.17) is 11.6 Å². The van der Waals surface area contributed by atoms with Crippen LogP contribution in [0.25, 0.3) is 0 Å². The Morgan fingerprint density at radius 2 is 1.84 bits per heavy atom. The van der Waals surface area contributed by atoms with Crippen molar-refractivity contribution < 1.29 is 13.2 Å². The van der Waals surface area contributed by atoms with E-state index in [1.165, 1.54) is 25.0 Å². The summed E-state index contributed by atoms with van der Waals surface area (Å²) in [7, 11) is -3.94. The zero-order valence-corrected chi connectivity index (χ0v) is 20.3. The molecule has 6 nitrogen and oxygen atoms in total. The van der Waals surface area contributed by atoms with Crippen molar-refractivity contribution in [1.82, 2.24) is 10.2 Å². The number of benzene rings is 2. The Kier molecular flexibility index (Phi) is 8.57. The predicted molar refractivity (Wildman–Crippen MR) is 130 cm³/mol. The van der Waals surface area contributed by atoms with E-state index < -0.39 is 10.0 Å². The second-order valence-corrected chi connectivity index (χ2v) is 10.8. The number of carbonyl (C=O) groups is 1. The van der Waals surface area contributed by atoms with Crippen molar-refractivity contribution in [3.05, 3.63) is 59.1 Å². The normalized spacial score (nSPS) is 15.5. The maximum atomic E-state index is 13.4. The number of nitrogens with one attached hydrogen (secondary N) is 1. The first kappa shape index (κ1) is 24.6. The second kappa shape index (κ2) is 11.2. The molecule has 0 spiro atoms. The van der Waals surface area contributed by atoms with Gasteiger partial charge in [-0.1, -0.05) is 42.8 Å². The summed E-state index contributed by atoms with van der Waals surface area (Å²) >= 11 is 6.15. The summed E-state index contributed by atoms with van der Waals surface area (Å²) in [6, 6.07) is 13.2. The summed E-state index contributed by atoms with van der Waals surface area (Å²) in [6.45, 7) is 7.44. The Hall–Kier alpha value is -2.09. The van der Waals surface area contributed by atoms with E-state index in [0.717, 1.165) is 41.8 Å². The highest BCUT2D eigenvalue weighted by Gasteiger charge is 2.28. The summed E-state index contributed by atoms with van der Waals surface area (Å²) in [5.74, 6) is 0.453. The Morgan fingerprint density at radius 1 is 1.16 bits per heavy atom. The quantitative estimate of drug-likeness (QED) is 0.552. The molecule has 0 atom stereocenters. The summed E-state index contributed by atoms with van der Waals surface area (Å²) < 4.78 is 27.9. The van der Waals surface area contributed by atoms with Crippen molar-refractivity contribution >= 4 is 33.2 Å². The highest BCUT2D eigenvalue weighted by Crippen LogP contribution is 2.29. The molecule has 1 aliphatic heterocycles. The SMILES string of the molecule is Cc1ccc(Cl)cc1N(CC(=O)NCCCN1CCC(C)CC1)S(=O)(=O)c1ccccc1. The summed E-state index contributed by atoms with van der Waals surface area (Å²) in [4.78, 5) is 15.3. The molecule has 1 heterocycles. The van der Waals surface area contributed by atoms with E-state index >= 15 is 0 Å². The van der Waals surface area contributed by atoms with Crippen molar-refractivity contribution in [2.75, 3.05) is 37.0 Å². The molecule has 8 heteroatoms. The monoisotopic (exact) mass is 477 g/mol. The van der Waals surface area contributed by atoms with Gasteiger partial charge in [-0.25, -0.2) is 8.42 Å². The lowest BCUT2D eigenvalue weighted by Crippen LogP contribution is -2.42. The molecule has 0 aliphatic carbocycles. The van der Waals surface area contributed by atoms with Crippen LogP contribution >= 0.6 is 11.6 Å². The average molecular weight is 478 g/mol. The van der Waals surface area contributed by atoms with Gasteiger partial charge in [0.1, 0.15) is 6.54 Å². The zero-order valence-electron chi connectivity index (χ0n) is 18.8. The number of hydrogen-bond donors (Lipinski definition) is 1. The van der Waals surface area contributed by atoms with Gasteiger partial charge < -0.3 is 10.2 Å². The number of anilines is 1. The van der Waals surface area contributed by atoms with E-state index in [1.807, 2.05) is 0 Å². The topological polar surface area (TPSA) is 69.7 Å². The maximum Gasteiger partial charge on any atom is 0.264 e. The van der Waals surface area contributed by atoms with Crippen LogP contribution in [-0.2, 0) is 14.8 Å². The number of sulfonamides is 1. The molecule has 2 aromatic rings. The number of likely N-dealkylation sites (tertiary alicyclic amines) is 1. The summed E-state index contributed by atoms with van der Waals surface area (Å²) in [5.41, 5.74) is 1.12. The fraction of sp³-hybridized carbons (Fsp3) is 0.458. The number of amides is 1. The van der Waals surface area contributed by atoms with Gasteiger partial charge in [-0.15, -0.1) is 0 Å². The molecule has 1 N–H and O–H groups in total. The molecule has 2 aromatic carbocycles. The first-order chi connectivity index (χ1) is 15.3. The molecule has 0 aromatic heterocycles. The van der Waals surface area contributed by atoms with E-state index in [2.05, 4.69) is 17.1 Å². The Balaban J connectivity index is 1.67. The molecule has 1 aliphatic rings. The van der Waals surface area contributed by atoms with Gasteiger partial charge in [0.25, 0.3) is 10.0 Å². The lowest BCUT2D eigenvalue weighted by molar-refractivity contribution is -0.119. The minimum Gasteiger partial charge on any atom is -0.354 e. The van der Waals surface area contributed by atoms with Gasteiger partial charge in [0.2, 0.25) is 5.91 Å². The molecule has 3 rings (SSSR count). The van der Waals surface area contributed by atoms with Crippen LogP contribution in [0.15, 0.2) is 53.4 Å². The maximum absolute atomic E-state index is 13.4. The van der Waals surface area contributed by atoms with E-state index in [0.29, 0.717) is 17.3 Å². The van der Waals surface area contributed by atoms with Gasteiger partial charge >= 0.3 is 0 Å². The first-order valence-electron chi connectivity index (χ1n) is 11.1. The molecule has 0 radical (unpaired) electrons. The van der Waals surface area contributed by atoms with Crippen LogP contribution in [-0.4, -0.2) is 51.9 Å². The molecule has 0 saturated carbocycles. The van der Waals surface area contributed by atoms with Crippen molar-refractivity contribution in [2.45, 2.75) is 38.0 Å². The standard InChI is InChI=1S/C24H32ClN3O3S/c1-19-11-15-27(16-12-19)14-6-13-26-24(29)18-28(23-17-21(25)10-9-20(23)2)32(30,31)22-7-4-3-5-8-22/h3-5,7-10,17,19H,6,11-16,18H2,1-2H3,(H,26,29). The van der Waals surface area contributed by atoms with E-state index in [-0.39, 0.29) is 17.3 Å². The Bertz CT molecular complexity index is 1010. The fourth-order valence-corrected chi connectivity index (χ4v) is 5.54. The molecule has 32 heavy (non-hydrogen) atoms. The number of carbonyl (C=O) groups excluding carboxylic acids is 1. The average Bonchev–Trinajstić information content (AvgIpc) is 2.78. The molecule has 1 amide bonds. The fourth-order valence-electron chi connectivity index (χ4n) is 3.87. The van der Waals surface area contributed by atoms with Crippen LogP contribution in [0.2, 0.25) is 5.02 Å². The highest BCUT2D eigenvalue weighted by molar-refractivity contribution is 7.92. The molecule has 1 fully saturated rings. The third-order valence-electron chi connectivity index (χ3n) is 5.91. The third kappa shape index (κ3) is 6.47. The zero-order chi connectivity index (χ0) is 23.1. The number of hydrogen-bond acceptors (Lipinski definition) is 4. The molecular weight excluding hydrogens is 446 g/mol. The van der Waals surface area contributed by atoms with Gasteiger partial charge in [0, 0.05) is 11.6 Å². The minimum absolute atomic E-state index is 0.131. The highest BCUT2D eigenvalue weighted by atomic mass is 35.5. The van der Waals surface area contributed by atoms with Gasteiger partial charge in [0.15, 0.2) is 0 Å². The largest absolute Gasteiger partial charge is 0.354 e. The minimum atomic E-state index is -3.94. The van der Waals surface area contributed by atoms with Crippen LogP contribution in [0.3, 0.4) is 0 Å². The molecule has 0 unspecified atom stereocenters. The van der Waals surface area contributed by atoms with Crippen molar-refractivity contribution in [1.29, 1.82) is 0 Å². The Labute approximate surface area is 196 Å². The van der Waals surface area contributed by atoms with Crippen molar-refractivity contribution in [2.24, 2.45) is 5.92 Å². The summed E-state index contributed by atoms with van der Waals surface area (Å²) in [6.07, 6.45) is 3.27. The van der Waals surface area contributed by atoms with Crippen molar-refractivity contribution in [3.63, 3.8) is 0 Å². The number of aryl methyl sites for hydroxylation is 1. The number of rotatable bonds is 9. The molecular formula is C24H32ClN3O3S. The van der Waals surface area contributed by atoms with Gasteiger partial charge in [-0.05, 0) is 81.6 Å². The van der Waals surface area contributed by atoms with E-state index in [1.54, 1.807) is 43.3 Å². The smallest absolute Gasteiger partial charge is 0.264 e. The lowest BCUT2D eigenvalue weighted by Gasteiger charge is -2.30. The molecule has 1 saturated heterocycles. The summed E-state index contributed by atoms with van der Waals surface area (Å²) in [5, 5.41) is 3.30. The molecule has 174 valence electrons. The predicted octanol–water partition coefficient (Wildman–Crippen LogP) is 4.08. The van der Waals surface area contributed by atoms with Crippen molar-refractivity contribution in [3.8, 4) is 0 Å². The number of nitrogens with zero attached hydrogens (tertiary/aromatic N) is 2.